The summed E-state index contributed by atoms with van der Waals surface area (Å²) < 4.78 is 0. The predicted molar refractivity (Wildman–Crippen MR) is 86.1 cm³/mol. The maximum atomic E-state index is 11.9. The van der Waals surface area contributed by atoms with Gasteiger partial charge in [0.05, 0.1) is 16.3 Å². The second kappa shape index (κ2) is 6.86. The molecule has 4 nitrogen and oxygen atoms in total. The molecule has 0 radical (unpaired) electrons. The van der Waals surface area contributed by atoms with Crippen molar-refractivity contribution in [2.45, 2.75) is 38.2 Å². The van der Waals surface area contributed by atoms with Crippen LogP contribution in [0, 0.1) is 5.92 Å². The number of urea groups is 1. The van der Waals surface area contributed by atoms with Crippen LogP contribution in [0.25, 0.3) is 0 Å². The molecule has 116 valence electrons. The lowest BCUT2D eigenvalue weighted by atomic mass is 9.79. The van der Waals surface area contributed by atoms with Crippen molar-refractivity contribution in [1.82, 2.24) is 5.32 Å². The van der Waals surface area contributed by atoms with Gasteiger partial charge in [0, 0.05) is 11.6 Å². The van der Waals surface area contributed by atoms with Crippen molar-refractivity contribution < 1.29 is 9.90 Å². The molecule has 3 N–H and O–H groups in total. The van der Waals surface area contributed by atoms with Crippen LogP contribution < -0.4 is 10.6 Å². The Morgan fingerprint density at radius 3 is 2.95 bits per heavy atom. The fraction of sp³-hybridized carbons (Fsp3) is 0.533. The first-order valence-corrected chi connectivity index (χ1v) is 7.86. The lowest BCUT2D eigenvalue weighted by Gasteiger charge is -2.35. The van der Waals surface area contributed by atoms with E-state index in [0.717, 1.165) is 19.3 Å². The van der Waals surface area contributed by atoms with Gasteiger partial charge in [-0.2, -0.15) is 0 Å². The predicted octanol–water partition coefficient (Wildman–Crippen LogP) is 4.06. The van der Waals surface area contributed by atoms with Gasteiger partial charge in [0.1, 0.15) is 0 Å². The molecule has 1 aliphatic rings. The first kappa shape index (κ1) is 16.4. The fourth-order valence-electron chi connectivity index (χ4n) is 2.80. The van der Waals surface area contributed by atoms with Crippen molar-refractivity contribution in [2.75, 3.05) is 11.9 Å². The van der Waals surface area contributed by atoms with E-state index in [1.54, 1.807) is 18.2 Å². The number of benzene rings is 1. The number of nitrogens with one attached hydrogen (secondary N) is 2. The Balaban J connectivity index is 1.88. The lowest BCUT2D eigenvalue weighted by Crippen LogP contribution is -2.46. The zero-order valence-corrected chi connectivity index (χ0v) is 13.5. The van der Waals surface area contributed by atoms with Crippen LogP contribution in [-0.2, 0) is 0 Å². The van der Waals surface area contributed by atoms with Crippen molar-refractivity contribution in [3.05, 3.63) is 28.2 Å². The van der Waals surface area contributed by atoms with Crippen LogP contribution in [0.5, 0.6) is 0 Å². The molecular weight excluding hydrogens is 311 g/mol. The summed E-state index contributed by atoms with van der Waals surface area (Å²) >= 11 is 11.9. The maximum Gasteiger partial charge on any atom is 0.319 e. The van der Waals surface area contributed by atoms with E-state index in [2.05, 4.69) is 17.6 Å². The molecule has 0 bridgehead atoms. The highest BCUT2D eigenvalue weighted by Crippen LogP contribution is 2.31. The van der Waals surface area contributed by atoms with Crippen molar-refractivity contribution in [3.8, 4) is 0 Å². The van der Waals surface area contributed by atoms with Crippen LogP contribution in [-0.4, -0.2) is 23.3 Å². The van der Waals surface area contributed by atoms with Gasteiger partial charge in [0.25, 0.3) is 0 Å². The Bertz CT molecular complexity index is 524. The van der Waals surface area contributed by atoms with Gasteiger partial charge < -0.3 is 15.7 Å². The molecule has 1 fully saturated rings. The van der Waals surface area contributed by atoms with Crippen molar-refractivity contribution in [1.29, 1.82) is 0 Å². The SMILES string of the molecule is CC1CCCC(O)(CNC(=O)Nc2cc(Cl)ccc2Cl)C1. The molecule has 1 aromatic carbocycles. The molecule has 0 aromatic heterocycles. The van der Waals surface area contributed by atoms with Gasteiger partial charge in [0.2, 0.25) is 0 Å². The number of hydrogen-bond donors (Lipinski definition) is 3. The van der Waals surface area contributed by atoms with Gasteiger partial charge in [0.15, 0.2) is 0 Å². The summed E-state index contributed by atoms with van der Waals surface area (Å²) in [5.41, 5.74) is -0.363. The molecule has 2 amide bonds. The largest absolute Gasteiger partial charge is 0.388 e. The van der Waals surface area contributed by atoms with Crippen LogP contribution in [0.4, 0.5) is 10.5 Å². The summed E-state index contributed by atoms with van der Waals surface area (Å²) in [7, 11) is 0. The molecule has 0 heterocycles. The Morgan fingerprint density at radius 1 is 1.48 bits per heavy atom. The van der Waals surface area contributed by atoms with Crippen LogP contribution in [0.1, 0.15) is 32.6 Å². The smallest absolute Gasteiger partial charge is 0.319 e. The van der Waals surface area contributed by atoms with E-state index in [9.17, 15) is 9.90 Å². The molecule has 6 heteroatoms. The zero-order valence-electron chi connectivity index (χ0n) is 12.0. The van der Waals surface area contributed by atoms with Crippen molar-refractivity contribution in [3.63, 3.8) is 0 Å². The van der Waals surface area contributed by atoms with E-state index in [4.69, 9.17) is 23.2 Å². The van der Waals surface area contributed by atoms with Gasteiger partial charge in [-0.05, 0) is 37.0 Å². The Morgan fingerprint density at radius 2 is 2.24 bits per heavy atom. The van der Waals surface area contributed by atoms with Crippen LogP contribution in [0.15, 0.2) is 18.2 Å². The number of halogens is 2. The van der Waals surface area contributed by atoms with Gasteiger partial charge in [-0.1, -0.05) is 43.0 Å². The molecule has 0 spiro atoms. The fourth-order valence-corrected chi connectivity index (χ4v) is 3.13. The highest BCUT2D eigenvalue weighted by atomic mass is 35.5. The minimum absolute atomic E-state index is 0.237. The average Bonchev–Trinajstić information content (AvgIpc) is 2.41. The topological polar surface area (TPSA) is 61.4 Å². The molecule has 0 saturated heterocycles. The van der Waals surface area contributed by atoms with E-state index >= 15 is 0 Å². The third-order valence-corrected chi connectivity index (χ3v) is 4.39. The molecule has 21 heavy (non-hydrogen) atoms. The number of aliphatic hydroxyl groups is 1. The molecular formula is C15H20Cl2N2O2. The molecule has 2 unspecified atom stereocenters. The average molecular weight is 331 g/mol. The van der Waals surface area contributed by atoms with E-state index in [1.165, 1.54) is 0 Å². The lowest BCUT2D eigenvalue weighted by molar-refractivity contribution is -0.00920. The zero-order chi connectivity index (χ0) is 15.5. The van der Waals surface area contributed by atoms with Gasteiger partial charge in [-0.3, -0.25) is 0 Å². The summed E-state index contributed by atoms with van der Waals surface area (Å²) in [4.78, 5) is 11.9. The maximum absolute atomic E-state index is 11.9. The van der Waals surface area contributed by atoms with Crippen LogP contribution >= 0.6 is 23.2 Å². The third kappa shape index (κ3) is 4.77. The van der Waals surface area contributed by atoms with E-state index in [1.807, 2.05) is 0 Å². The van der Waals surface area contributed by atoms with Crippen molar-refractivity contribution >= 4 is 34.9 Å². The summed E-state index contributed by atoms with van der Waals surface area (Å²) in [6.07, 6.45) is 3.55. The molecule has 0 aliphatic heterocycles. The second-order valence-corrected chi connectivity index (χ2v) is 6.70. The standard InChI is InChI=1S/C15H20Cl2N2O2/c1-10-3-2-6-15(21,8-10)9-18-14(20)19-13-7-11(16)4-5-12(13)17/h4-5,7,10,21H,2-3,6,8-9H2,1H3,(H2,18,19,20). The highest BCUT2D eigenvalue weighted by molar-refractivity contribution is 6.35. The van der Waals surface area contributed by atoms with E-state index < -0.39 is 11.6 Å². The monoisotopic (exact) mass is 330 g/mol. The first-order valence-electron chi connectivity index (χ1n) is 7.10. The van der Waals surface area contributed by atoms with E-state index in [-0.39, 0.29) is 6.54 Å². The van der Waals surface area contributed by atoms with Gasteiger partial charge >= 0.3 is 6.03 Å². The number of hydrogen-bond acceptors (Lipinski definition) is 2. The molecule has 1 aliphatic carbocycles. The number of carbonyl (C=O) groups excluding carboxylic acids is 1. The Hall–Kier alpha value is -0.970. The quantitative estimate of drug-likeness (QED) is 0.782. The van der Waals surface area contributed by atoms with Crippen molar-refractivity contribution in [2.24, 2.45) is 5.92 Å². The summed E-state index contributed by atoms with van der Waals surface area (Å²) in [6, 6.07) is 4.46. The number of anilines is 1. The second-order valence-electron chi connectivity index (χ2n) is 5.86. The van der Waals surface area contributed by atoms with Crippen LogP contribution in [0.2, 0.25) is 10.0 Å². The summed E-state index contributed by atoms with van der Waals surface area (Å²) in [6.45, 7) is 2.36. The number of rotatable bonds is 3. The minimum Gasteiger partial charge on any atom is -0.388 e. The third-order valence-electron chi connectivity index (χ3n) is 3.82. The summed E-state index contributed by atoms with van der Waals surface area (Å²) in [5.74, 6) is 0.482. The Labute approximate surface area is 134 Å². The number of amides is 2. The highest BCUT2D eigenvalue weighted by Gasteiger charge is 2.32. The number of carbonyl (C=O) groups is 1. The van der Waals surface area contributed by atoms with Gasteiger partial charge in [-0.25, -0.2) is 4.79 Å². The molecule has 1 aromatic rings. The van der Waals surface area contributed by atoms with E-state index in [0.29, 0.717) is 28.1 Å². The Kier molecular flexibility index (Phi) is 5.36. The summed E-state index contributed by atoms with van der Waals surface area (Å²) in [5, 5.41) is 16.7. The normalized spacial score (nSPS) is 25.4. The molecule has 2 rings (SSSR count). The van der Waals surface area contributed by atoms with Crippen LogP contribution in [0.3, 0.4) is 0 Å². The first-order chi connectivity index (χ1) is 9.88. The van der Waals surface area contributed by atoms with Gasteiger partial charge in [-0.15, -0.1) is 0 Å². The molecule has 2 atom stereocenters. The minimum atomic E-state index is -0.812. The molecule has 1 saturated carbocycles.